The Labute approximate surface area is 138 Å². The van der Waals surface area contributed by atoms with E-state index in [1.165, 1.54) is 26.2 Å². The van der Waals surface area contributed by atoms with Gasteiger partial charge in [-0.15, -0.1) is 0 Å². The van der Waals surface area contributed by atoms with Crippen LogP contribution in [0.25, 0.3) is 11.6 Å². The van der Waals surface area contributed by atoms with Gasteiger partial charge >= 0.3 is 0 Å². The van der Waals surface area contributed by atoms with Crippen molar-refractivity contribution in [3.05, 3.63) is 47.0 Å². The molecule has 5 nitrogen and oxygen atoms in total. The average Bonchev–Trinajstić information content (AvgIpc) is 3.11. The Balaban J connectivity index is 2.19. The van der Waals surface area contributed by atoms with E-state index in [-0.39, 0.29) is 17.0 Å². The quantitative estimate of drug-likeness (QED) is 0.586. The number of aliphatic hydroxyl groups is 1. The topological polar surface area (TPSA) is 74.4 Å². The molecule has 1 atom stereocenters. The number of carbonyl (C=O) groups is 1. The second-order valence-electron chi connectivity index (χ2n) is 5.26. The standard InChI is InChI=1S/C18H15FN2O3/c1-10(22)3-4-11-13(19)5-6-14-17(11)12(18(23)21-14)9-15-16(24-2)7-8-20-15/h5-10,20,22H,1-2H3,(H,21,23). The fraction of sp³-hybridized carbons (Fsp3) is 0.167. The van der Waals surface area contributed by atoms with Gasteiger partial charge in [-0.3, -0.25) is 4.79 Å². The molecule has 6 heteroatoms. The first-order valence-electron chi connectivity index (χ1n) is 7.28. The number of hydrogen-bond donors (Lipinski definition) is 3. The minimum absolute atomic E-state index is 0.0727. The highest BCUT2D eigenvalue weighted by Gasteiger charge is 2.28. The van der Waals surface area contributed by atoms with Gasteiger partial charge < -0.3 is 20.1 Å². The van der Waals surface area contributed by atoms with E-state index in [1.807, 2.05) is 0 Å². The molecular weight excluding hydrogens is 311 g/mol. The van der Waals surface area contributed by atoms with Crippen LogP contribution >= 0.6 is 0 Å². The monoisotopic (exact) mass is 326 g/mol. The van der Waals surface area contributed by atoms with Gasteiger partial charge in [0.15, 0.2) is 0 Å². The Morgan fingerprint density at radius 1 is 1.38 bits per heavy atom. The number of H-pyrrole nitrogens is 1. The van der Waals surface area contributed by atoms with Gasteiger partial charge in [0.05, 0.1) is 29.6 Å². The van der Waals surface area contributed by atoms with Crippen LogP contribution in [0.15, 0.2) is 24.4 Å². The van der Waals surface area contributed by atoms with E-state index in [1.54, 1.807) is 18.3 Å². The van der Waals surface area contributed by atoms with Crippen LogP contribution in [0.3, 0.4) is 0 Å². The van der Waals surface area contributed by atoms with Gasteiger partial charge in [-0.25, -0.2) is 4.39 Å². The molecule has 1 aromatic heterocycles. The number of amides is 1. The third-order valence-electron chi connectivity index (χ3n) is 3.57. The summed E-state index contributed by atoms with van der Waals surface area (Å²) in [6.45, 7) is 1.48. The SMILES string of the molecule is COc1cc[nH]c1C=C1C(=O)Nc2ccc(F)c(C#CC(C)O)c21. The minimum atomic E-state index is -0.902. The highest BCUT2D eigenvalue weighted by atomic mass is 19.1. The molecule has 1 amide bonds. The Bertz CT molecular complexity index is 901. The number of carbonyl (C=O) groups excluding carboxylic acids is 1. The summed E-state index contributed by atoms with van der Waals surface area (Å²) in [7, 11) is 1.52. The maximum Gasteiger partial charge on any atom is 0.256 e. The lowest BCUT2D eigenvalue weighted by atomic mass is 9.99. The number of benzene rings is 1. The third-order valence-corrected chi connectivity index (χ3v) is 3.57. The molecule has 1 aliphatic heterocycles. The van der Waals surface area contributed by atoms with Crippen LogP contribution in [0, 0.1) is 17.7 Å². The number of aromatic amines is 1. The van der Waals surface area contributed by atoms with Gasteiger partial charge in [-0.05, 0) is 31.2 Å². The fourth-order valence-electron chi connectivity index (χ4n) is 2.50. The van der Waals surface area contributed by atoms with Crippen LogP contribution in [0.1, 0.15) is 23.7 Å². The summed E-state index contributed by atoms with van der Waals surface area (Å²) in [5.74, 6) is 4.80. The van der Waals surface area contributed by atoms with Crippen molar-refractivity contribution >= 4 is 23.2 Å². The second kappa shape index (κ2) is 6.22. The number of nitrogens with one attached hydrogen (secondary N) is 2. The average molecular weight is 326 g/mol. The highest BCUT2D eigenvalue weighted by molar-refractivity contribution is 6.35. The van der Waals surface area contributed by atoms with E-state index < -0.39 is 11.9 Å². The first-order valence-corrected chi connectivity index (χ1v) is 7.28. The lowest BCUT2D eigenvalue weighted by Crippen LogP contribution is -2.03. The van der Waals surface area contributed by atoms with Crippen LogP contribution in [-0.4, -0.2) is 29.2 Å². The summed E-state index contributed by atoms with van der Waals surface area (Å²) < 4.78 is 19.4. The van der Waals surface area contributed by atoms with Gasteiger partial charge in [0.1, 0.15) is 17.7 Å². The zero-order chi connectivity index (χ0) is 17.3. The van der Waals surface area contributed by atoms with Crippen molar-refractivity contribution in [2.24, 2.45) is 0 Å². The molecule has 2 heterocycles. The molecule has 1 aromatic carbocycles. The van der Waals surface area contributed by atoms with Crippen molar-refractivity contribution in [1.29, 1.82) is 0 Å². The van der Waals surface area contributed by atoms with Crippen LogP contribution in [-0.2, 0) is 4.79 Å². The number of aromatic nitrogens is 1. The number of methoxy groups -OCH3 is 1. The van der Waals surface area contributed by atoms with Crippen molar-refractivity contribution in [2.45, 2.75) is 13.0 Å². The largest absolute Gasteiger partial charge is 0.495 e. The molecule has 0 radical (unpaired) electrons. The van der Waals surface area contributed by atoms with Crippen LogP contribution in [0.5, 0.6) is 5.75 Å². The predicted molar refractivity (Wildman–Crippen MR) is 88.8 cm³/mol. The summed E-state index contributed by atoms with van der Waals surface area (Å²) in [4.78, 5) is 15.3. The number of hydrogen-bond acceptors (Lipinski definition) is 3. The van der Waals surface area contributed by atoms with Crippen molar-refractivity contribution in [1.82, 2.24) is 4.98 Å². The zero-order valence-electron chi connectivity index (χ0n) is 13.1. The number of anilines is 1. The van der Waals surface area contributed by atoms with Crippen LogP contribution < -0.4 is 10.1 Å². The molecule has 0 spiro atoms. The number of ether oxygens (including phenoxy) is 1. The summed E-state index contributed by atoms with van der Waals surface area (Å²) in [5, 5.41) is 12.0. The van der Waals surface area contributed by atoms with Crippen LogP contribution in [0.4, 0.5) is 10.1 Å². The molecule has 0 bridgehead atoms. The summed E-state index contributed by atoms with van der Waals surface area (Å²) in [5.41, 5.74) is 1.80. The van der Waals surface area contributed by atoms with Gasteiger partial charge in [0.25, 0.3) is 5.91 Å². The summed E-state index contributed by atoms with van der Waals surface area (Å²) in [6, 6.07) is 4.45. The van der Waals surface area contributed by atoms with E-state index in [2.05, 4.69) is 22.1 Å². The highest BCUT2D eigenvalue weighted by Crippen LogP contribution is 2.37. The smallest absolute Gasteiger partial charge is 0.256 e. The van der Waals surface area contributed by atoms with E-state index in [0.717, 1.165) is 0 Å². The molecule has 0 aliphatic carbocycles. The molecule has 2 aromatic rings. The Kier molecular flexibility index (Phi) is 4.11. The van der Waals surface area contributed by atoms with Crippen molar-refractivity contribution < 1.29 is 19.0 Å². The van der Waals surface area contributed by atoms with Crippen molar-refractivity contribution in [3.63, 3.8) is 0 Å². The molecule has 1 unspecified atom stereocenters. The molecule has 3 N–H and O–H groups in total. The minimum Gasteiger partial charge on any atom is -0.495 e. The zero-order valence-corrected chi connectivity index (χ0v) is 13.1. The number of aliphatic hydroxyl groups excluding tert-OH is 1. The van der Waals surface area contributed by atoms with Crippen molar-refractivity contribution in [3.8, 4) is 17.6 Å². The lowest BCUT2D eigenvalue weighted by Gasteiger charge is -2.05. The molecular formula is C18H15FN2O3. The maximum atomic E-state index is 14.2. The van der Waals surface area contributed by atoms with E-state index >= 15 is 0 Å². The molecule has 0 saturated heterocycles. The number of halogens is 1. The van der Waals surface area contributed by atoms with Gasteiger partial charge in [-0.2, -0.15) is 0 Å². The summed E-state index contributed by atoms with van der Waals surface area (Å²) in [6.07, 6.45) is 2.37. The first kappa shape index (κ1) is 15.8. The second-order valence-corrected chi connectivity index (χ2v) is 5.26. The van der Waals surface area contributed by atoms with Crippen molar-refractivity contribution in [2.75, 3.05) is 12.4 Å². The normalized spacial score (nSPS) is 15.5. The maximum absolute atomic E-state index is 14.2. The fourth-order valence-corrected chi connectivity index (χ4v) is 2.50. The molecule has 0 fully saturated rings. The number of fused-ring (bicyclic) bond motifs is 1. The predicted octanol–water partition coefficient (Wildman–Crippen LogP) is 2.39. The first-order chi connectivity index (χ1) is 11.5. The van der Waals surface area contributed by atoms with Gasteiger partial charge in [0, 0.05) is 11.8 Å². The van der Waals surface area contributed by atoms with E-state index in [0.29, 0.717) is 22.7 Å². The molecule has 122 valence electrons. The third kappa shape index (κ3) is 2.77. The van der Waals surface area contributed by atoms with Gasteiger partial charge in [-0.1, -0.05) is 11.8 Å². The van der Waals surface area contributed by atoms with E-state index in [4.69, 9.17) is 4.74 Å². The Morgan fingerprint density at radius 3 is 2.88 bits per heavy atom. The molecule has 0 saturated carbocycles. The van der Waals surface area contributed by atoms with E-state index in [9.17, 15) is 14.3 Å². The lowest BCUT2D eigenvalue weighted by molar-refractivity contribution is -0.110. The van der Waals surface area contributed by atoms with Gasteiger partial charge in [0.2, 0.25) is 0 Å². The van der Waals surface area contributed by atoms with Crippen LogP contribution in [0.2, 0.25) is 0 Å². The Morgan fingerprint density at radius 2 is 2.17 bits per heavy atom. The number of rotatable bonds is 2. The summed E-state index contributed by atoms with van der Waals surface area (Å²) >= 11 is 0. The molecule has 24 heavy (non-hydrogen) atoms. The Hall–Kier alpha value is -3.04. The molecule has 1 aliphatic rings. The molecule has 3 rings (SSSR count).